The second-order valence-electron chi connectivity index (χ2n) is 6.49. The summed E-state index contributed by atoms with van der Waals surface area (Å²) in [6.45, 7) is 2.81. The number of sulfonamides is 1. The van der Waals surface area contributed by atoms with Gasteiger partial charge in [0.25, 0.3) is 0 Å². The number of nitrogens with one attached hydrogen (secondary N) is 1. The third-order valence-corrected chi connectivity index (χ3v) is 5.76. The Labute approximate surface area is 142 Å². The molecule has 2 heterocycles. The Hall–Kier alpha value is -1.48. The molecule has 0 aromatic heterocycles. The maximum atomic E-state index is 12.7. The quantitative estimate of drug-likeness (QED) is 0.789. The van der Waals surface area contributed by atoms with E-state index >= 15 is 0 Å². The van der Waals surface area contributed by atoms with E-state index in [2.05, 4.69) is 10.2 Å². The minimum absolute atomic E-state index is 0.0638. The first-order valence-corrected chi connectivity index (χ1v) is 9.79. The molecule has 1 fully saturated rings. The van der Waals surface area contributed by atoms with Gasteiger partial charge in [0.2, 0.25) is 15.9 Å². The van der Waals surface area contributed by atoms with Crippen LogP contribution in [-0.4, -0.2) is 58.5 Å². The highest BCUT2D eigenvalue weighted by Crippen LogP contribution is 2.30. The molecule has 0 spiro atoms. The SMILES string of the molecule is CNC1CCCN(CC(=O)N2CCc3cc(S(N)(=O)=O)ccc32)C1. The third-order valence-electron chi connectivity index (χ3n) is 4.85. The molecule has 2 aliphatic heterocycles. The van der Waals surface area contributed by atoms with Crippen LogP contribution in [0.4, 0.5) is 5.69 Å². The lowest BCUT2D eigenvalue weighted by atomic mass is 10.1. The number of fused-ring (bicyclic) bond motifs is 1. The third kappa shape index (κ3) is 3.61. The predicted octanol–water partition coefficient (Wildman–Crippen LogP) is -0.0931. The number of carbonyl (C=O) groups is 1. The second kappa shape index (κ2) is 6.79. The number of nitrogens with two attached hydrogens (primary N) is 1. The number of primary sulfonamides is 1. The summed E-state index contributed by atoms with van der Waals surface area (Å²) in [4.78, 5) is 16.7. The van der Waals surface area contributed by atoms with E-state index in [9.17, 15) is 13.2 Å². The lowest BCUT2D eigenvalue weighted by molar-refractivity contribution is -0.119. The number of nitrogens with zero attached hydrogens (tertiary/aromatic N) is 2. The minimum atomic E-state index is -3.71. The van der Waals surface area contributed by atoms with Crippen LogP contribution in [0.3, 0.4) is 0 Å². The number of carbonyl (C=O) groups excluding carboxylic acids is 1. The zero-order valence-corrected chi connectivity index (χ0v) is 14.7. The summed E-state index contributed by atoms with van der Waals surface area (Å²) in [5, 5.41) is 8.45. The Bertz CT molecular complexity index is 735. The van der Waals surface area contributed by atoms with Crippen LogP contribution in [0.25, 0.3) is 0 Å². The average molecular weight is 352 g/mol. The number of likely N-dealkylation sites (N-methyl/N-ethyl adjacent to an activating group) is 1. The molecule has 1 amide bonds. The molecule has 3 N–H and O–H groups in total. The van der Waals surface area contributed by atoms with Gasteiger partial charge in [0.1, 0.15) is 0 Å². The molecule has 1 atom stereocenters. The normalized spacial score (nSPS) is 21.8. The van der Waals surface area contributed by atoms with Crippen molar-refractivity contribution in [3.05, 3.63) is 23.8 Å². The molecule has 24 heavy (non-hydrogen) atoms. The van der Waals surface area contributed by atoms with Crippen molar-refractivity contribution in [2.75, 3.05) is 38.1 Å². The van der Waals surface area contributed by atoms with Gasteiger partial charge in [0.05, 0.1) is 11.4 Å². The van der Waals surface area contributed by atoms with E-state index in [0.717, 1.165) is 37.2 Å². The Morgan fingerprint density at radius 3 is 2.88 bits per heavy atom. The summed E-state index contributed by atoms with van der Waals surface area (Å²) in [5.41, 5.74) is 1.66. The van der Waals surface area contributed by atoms with Crippen molar-refractivity contribution in [3.8, 4) is 0 Å². The highest BCUT2D eigenvalue weighted by atomic mass is 32.2. The van der Waals surface area contributed by atoms with Gasteiger partial charge >= 0.3 is 0 Å². The number of hydrogen-bond donors (Lipinski definition) is 2. The molecule has 1 unspecified atom stereocenters. The van der Waals surface area contributed by atoms with E-state index in [4.69, 9.17) is 5.14 Å². The van der Waals surface area contributed by atoms with Crippen LogP contribution in [0.1, 0.15) is 18.4 Å². The second-order valence-corrected chi connectivity index (χ2v) is 8.06. The molecule has 2 aliphatic rings. The van der Waals surface area contributed by atoms with Crippen LogP contribution in [0.15, 0.2) is 23.1 Å². The van der Waals surface area contributed by atoms with Gasteiger partial charge in [-0.3, -0.25) is 9.69 Å². The smallest absolute Gasteiger partial charge is 0.241 e. The van der Waals surface area contributed by atoms with Gasteiger partial charge in [0.15, 0.2) is 0 Å². The van der Waals surface area contributed by atoms with Gasteiger partial charge in [-0.25, -0.2) is 13.6 Å². The first-order chi connectivity index (χ1) is 11.4. The van der Waals surface area contributed by atoms with Crippen molar-refractivity contribution in [2.24, 2.45) is 5.14 Å². The van der Waals surface area contributed by atoms with E-state index in [1.54, 1.807) is 17.0 Å². The van der Waals surface area contributed by atoms with Crippen LogP contribution in [0, 0.1) is 0 Å². The number of likely N-dealkylation sites (tertiary alicyclic amines) is 1. The molecule has 0 saturated carbocycles. The highest BCUT2D eigenvalue weighted by Gasteiger charge is 2.28. The van der Waals surface area contributed by atoms with Crippen LogP contribution in [0.2, 0.25) is 0 Å². The van der Waals surface area contributed by atoms with E-state index < -0.39 is 10.0 Å². The van der Waals surface area contributed by atoms with Gasteiger partial charge in [-0.05, 0) is 56.6 Å². The molecular formula is C16H24N4O3S. The largest absolute Gasteiger partial charge is 0.316 e. The molecule has 0 radical (unpaired) electrons. The fourth-order valence-corrected chi connectivity index (χ4v) is 4.09. The monoisotopic (exact) mass is 352 g/mol. The zero-order valence-electron chi connectivity index (χ0n) is 13.9. The Morgan fingerprint density at radius 2 is 2.17 bits per heavy atom. The van der Waals surface area contributed by atoms with E-state index in [-0.39, 0.29) is 10.8 Å². The van der Waals surface area contributed by atoms with E-state index in [0.29, 0.717) is 25.6 Å². The maximum Gasteiger partial charge on any atom is 0.241 e. The molecule has 7 nitrogen and oxygen atoms in total. The van der Waals surface area contributed by atoms with Gasteiger partial charge in [-0.15, -0.1) is 0 Å². The Morgan fingerprint density at radius 1 is 1.38 bits per heavy atom. The number of benzene rings is 1. The molecule has 3 rings (SSSR count). The van der Waals surface area contributed by atoms with Gasteiger partial charge in [0, 0.05) is 24.8 Å². The fourth-order valence-electron chi connectivity index (χ4n) is 3.53. The number of rotatable bonds is 4. The highest BCUT2D eigenvalue weighted by molar-refractivity contribution is 7.89. The molecule has 1 aromatic carbocycles. The molecule has 0 bridgehead atoms. The number of hydrogen-bond acceptors (Lipinski definition) is 5. The number of piperidine rings is 1. The van der Waals surface area contributed by atoms with E-state index in [1.165, 1.54) is 6.07 Å². The molecule has 0 aliphatic carbocycles. The molecule has 8 heteroatoms. The van der Waals surface area contributed by atoms with Crippen LogP contribution >= 0.6 is 0 Å². The number of anilines is 1. The van der Waals surface area contributed by atoms with Crippen molar-refractivity contribution < 1.29 is 13.2 Å². The average Bonchev–Trinajstić information content (AvgIpc) is 2.97. The predicted molar refractivity (Wildman–Crippen MR) is 92.4 cm³/mol. The topological polar surface area (TPSA) is 95.7 Å². The zero-order chi connectivity index (χ0) is 17.3. The summed E-state index contributed by atoms with van der Waals surface area (Å²) >= 11 is 0. The number of amides is 1. The lowest BCUT2D eigenvalue weighted by Crippen LogP contribution is -2.48. The van der Waals surface area contributed by atoms with Crippen molar-refractivity contribution in [1.82, 2.24) is 10.2 Å². The van der Waals surface area contributed by atoms with Crippen molar-refractivity contribution in [3.63, 3.8) is 0 Å². The lowest BCUT2D eigenvalue weighted by Gasteiger charge is -2.33. The summed E-state index contributed by atoms with van der Waals surface area (Å²) in [5.74, 6) is 0.0638. The van der Waals surface area contributed by atoms with Gasteiger partial charge < -0.3 is 10.2 Å². The molecule has 132 valence electrons. The molecular weight excluding hydrogens is 328 g/mol. The summed E-state index contributed by atoms with van der Waals surface area (Å²) in [6.07, 6.45) is 2.89. The first kappa shape index (κ1) is 17.3. The van der Waals surface area contributed by atoms with Crippen molar-refractivity contribution >= 4 is 21.6 Å². The fraction of sp³-hybridized carbons (Fsp3) is 0.562. The summed E-state index contributed by atoms with van der Waals surface area (Å²) in [6, 6.07) is 5.18. The van der Waals surface area contributed by atoms with Crippen LogP contribution in [0.5, 0.6) is 0 Å². The summed E-state index contributed by atoms with van der Waals surface area (Å²) in [7, 11) is -1.76. The van der Waals surface area contributed by atoms with Crippen LogP contribution in [-0.2, 0) is 21.2 Å². The van der Waals surface area contributed by atoms with Crippen molar-refractivity contribution in [2.45, 2.75) is 30.2 Å². The van der Waals surface area contributed by atoms with Crippen molar-refractivity contribution in [1.29, 1.82) is 0 Å². The first-order valence-electron chi connectivity index (χ1n) is 8.24. The Kier molecular flexibility index (Phi) is 4.91. The summed E-state index contributed by atoms with van der Waals surface area (Å²) < 4.78 is 22.9. The minimum Gasteiger partial charge on any atom is -0.316 e. The molecule has 1 aromatic rings. The Balaban J connectivity index is 1.70. The van der Waals surface area contributed by atoms with Crippen LogP contribution < -0.4 is 15.4 Å². The molecule has 1 saturated heterocycles. The van der Waals surface area contributed by atoms with E-state index in [1.807, 2.05) is 7.05 Å². The van der Waals surface area contributed by atoms with Gasteiger partial charge in [-0.2, -0.15) is 0 Å². The standard InChI is InChI=1S/C16H24N4O3S/c1-18-13-3-2-7-19(10-13)11-16(21)20-8-6-12-9-14(24(17,22)23)4-5-15(12)20/h4-5,9,13,18H,2-3,6-8,10-11H2,1H3,(H2,17,22,23). The maximum absolute atomic E-state index is 12.7. The van der Waals surface area contributed by atoms with Gasteiger partial charge in [-0.1, -0.05) is 0 Å².